The number of hydrogen-bond donors (Lipinski definition) is 2. The van der Waals surface area contributed by atoms with Crippen LogP contribution in [0.15, 0.2) is 48.5 Å². The minimum absolute atomic E-state index is 0.0400. The Kier molecular flexibility index (Phi) is 6.56. The van der Waals surface area contributed by atoms with Crippen molar-refractivity contribution in [2.24, 2.45) is 0 Å². The van der Waals surface area contributed by atoms with Gasteiger partial charge in [0.1, 0.15) is 0 Å². The third-order valence-corrected chi connectivity index (χ3v) is 4.46. The van der Waals surface area contributed by atoms with Crippen molar-refractivity contribution >= 4 is 48.1 Å². The van der Waals surface area contributed by atoms with E-state index in [0.29, 0.717) is 10.6 Å². The summed E-state index contributed by atoms with van der Waals surface area (Å²) in [6, 6.07) is 13.4. The Bertz CT molecular complexity index is 897. The van der Waals surface area contributed by atoms with Crippen LogP contribution in [0.1, 0.15) is 22.0 Å². The maximum absolute atomic E-state index is 12.1. The molecule has 1 saturated heterocycles. The van der Waals surface area contributed by atoms with Crippen molar-refractivity contribution in [1.29, 1.82) is 0 Å². The number of carbonyl (C=O) groups excluding carboxylic acids is 3. The van der Waals surface area contributed by atoms with E-state index in [1.54, 1.807) is 30.3 Å². The molecule has 10 heteroatoms. The Labute approximate surface area is 171 Å². The molecule has 0 spiro atoms. The zero-order valence-electron chi connectivity index (χ0n) is 14.5. The van der Waals surface area contributed by atoms with E-state index in [-0.39, 0.29) is 23.6 Å². The van der Waals surface area contributed by atoms with E-state index in [1.807, 2.05) is 6.07 Å². The third kappa shape index (κ3) is 5.04. The van der Waals surface area contributed by atoms with Gasteiger partial charge in [0.25, 0.3) is 5.91 Å². The maximum Gasteiger partial charge on any atom is 0.548 e. The predicted octanol–water partition coefficient (Wildman–Crippen LogP) is 2.18. The molecule has 2 amide bonds. The summed E-state index contributed by atoms with van der Waals surface area (Å²) in [5.41, 5.74) is 0.840. The summed E-state index contributed by atoms with van der Waals surface area (Å²) in [4.78, 5) is 36.0. The topological polar surface area (TPSA) is 93.7 Å². The van der Waals surface area contributed by atoms with E-state index in [9.17, 15) is 14.4 Å². The van der Waals surface area contributed by atoms with Crippen LogP contribution in [0.5, 0.6) is 0 Å². The molecule has 7 nitrogen and oxygen atoms in total. The minimum Gasteiger partial charge on any atom is -0.506 e. The van der Waals surface area contributed by atoms with Crippen LogP contribution in [-0.2, 0) is 18.9 Å². The average molecular weight is 421 g/mol. The second kappa shape index (κ2) is 9.10. The Hall–Kier alpha value is -2.55. The van der Waals surface area contributed by atoms with E-state index < -0.39 is 31.0 Å². The molecule has 3 rings (SSSR count). The fourth-order valence-electron chi connectivity index (χ4n) is 2.55. The van der Waals surface area contributed by atoms with Gasteiger partial charge in [-0.15, -0.1) is 0 Å². The SMILES string of the molecule is O=C(CNC(=O)c1cc(Cl)ccc1Cl)NCB1OC(=O)C(c2ccccc2)O1. The molecule has 1 fully saturated rings. The Morgan fingerprint density at radius 1 is 1.07 bits per heavy atom. The number of carbonyl (C=O) groups is 3. The molecule has 1 aliphatic rings. The van der Waals surface area contributed by atoms with Gasteiger partial charge in [0.2, 0.25) is 5.91 Å². The number of hydrogen-bond acceptors (Lipinski definition) is 5. The molecule has 1 heterocycles. The van der Waals surface area contributed by atoms with E-state index in [1.165, 1.54) is 12.1 Å². The fraction of sp³-hybridized carbons (Fsp3) is 0.167. The summed E-state index contributed by atoms with van der Waals surface area (Å²) in [7, 11) is -0.903. The normalized spacial score (nSPS) is 15.9. The first-order chi connectivity index (χ1) is 13.4. The second-order valence-corrected chi connectivity index (χ2v) is 6.75. The van der Waals surface area contributed by atoms with Crippen LogP contribution in [0.4, 0.5) is 0 Å². The highest BCUT2D eigenvalue weighted by Gasteiger charge is 2.40. The molecule has 1 atom stereocenters. The van der Waals surface area contributed by atoms with Gasteiger partial charge in [-0.1, -0.05) is 53.5 Å². The molecule has 2 aromatic carbocycles. The van der Waals surface area contributed by atoms with E-state index in [4.69, 9.17) is 32.5 Å². The van der Waals surface area contributed by atoms with Crippen LogP contribution < -0.4 is 10.6 Å². The fourth-order valence-corrected chi connectivity index (χ4v) is 2.92. The van der Waals surface area contributed by atoms with Gasteiger partial charge >= 0.3 is 13.1 Å². The van der Waals surface area contributed by atoms with Gasteiger partial charge in [0.05, 0.1) is 23.6 Å². The van der Waals surface area contributed by atoms with Crippen molar-refractivity contribution in [3.05, 3.63) is 69.7 Å². The first-order valence-electron chi connectivity index (χ1n) is 8.35. The summed E-state index contributed by atoms with van der Waals surface area (Å²) in [5.74, 6) is -1.53. The molecular formula is C18H15BCl2N2O5. The average Bonchev–Trinajstić information content (AvgIpc) is 3.07. The molecule has 1 aliphatic heterocycles. The van der Waals surface area contributed by atoms with Gasteiger partial charge in [-0.2, -0.15) is 0 Å². The standard InChI is InChI=1S/C18H15BCl2N2O5/c20-12-6-7-14(21)13(8-12)17(25)22-9-15(24)23-10-19-27-16(18(26)28-19)11-4-2-1-3-5-11/h1-8,16H,9-10H2,(H,22,25)(H,23,24). The number of rotatable bonds is 6. The molecule has 0 aromatic heterocycles. The Balaban J connectivity index is 1.45. The molecule has 2 aromatic rings. The van der Waals surface area contributed by atoms with Crippen LogP contribution in [-0.4, -0.2) is 37.9 Å². The maximum atomic E-state index is 12.1. The first kappa shape index (κ1) is 20.2. The Morgan fingerprint density at radius 2 is 1.82 bits per heavy atom. The lowest BCUT2D eigenvalue weighted by Gasteiger charge is -2.09. The van der Waals surface area contributed by atoms with Crippen molar-refractivity contribution in [1.82, 2.24) is 10.6 Å². The van der Waals surface area contributed by atoms with Crippen molar-refractivity contribution < 1.29 is 23.7 Å². The molecular weight excluding hydrogens is 406 g/mol. The van der Waals surface area contributed by atoms with Gasteiger partial charge in [-0.3, -0.25) is 14.4 Å². The number of halogens is 2. The summed E-state index contributed by atoms with van der Waals surface area (Å²) in [5, 5.41) is 5.55. The third-order valence-electron chi connectivity index (χ3n) is 3.90. The highest BCUT2D eigenvalue weighted by molar-refractivity contribution is 6.49. The zero-order chi connectivity index (χ0) is 20.1. The molecule has 0 bridgehead atoms. The van der Waals surface area contributed by atoms with Gasteiger partial charge in [-0.25, -0.2) is 0 Å². The summed E-state index contributed by atoms with van der Waals surface area (Å²) >= 11 is 11.8. The number of benzene rings is 2. The lowest BCUT2D eigenvalue weighted by molar-refractivity contribution is -0.136. The molecule has 144 valence electrons. The summed E-state index contributed by atoms with van der Waals surface area (Å²) in [6.07, 6.45) is -0.866. The largest absolute Gasteiger partial charge is 0.548 e. The molecule has 0 saturated carbocycles. The number of nitrogens with one attached hydrogen (secondary N) is 2. The zero-order valence-corrected chi connectivity index (χ0v) is 16.0. The van der Waals surface area contributed by atoms with E-state index in [0.717, 1.165) is 0 Å². The van der Waals surface area contributed by atoms with E-state index in [2.05, 4.69) is 10.6 Å². The lowest BCUT2D eigenvalue weighted by Crippen LogP contribution is -2.42. The summed E-state index contributed by atoms with van der Waals surface area (Å²) < 4.78 is 10.6. The molecule has 0 aliphatic carbocycles. The molecule has 2 N–H and O–H groups in total. The Morgan fingerprint density at radius 3 is 2.57 bits per heavy atom. The summed E-state index contributed by atoms with van der Waals surface area (Å²) in [6.45, 7) is -0.287. The van der Waals surface area contributed by atoms with Crippen LogP contribution >= 0.6 is 23.2 Å². The van der Waals surface area contributed by atoms with E-state index >= 15 is 0 Å². The van der Waals surface area contributed by atoms with Gasteiger partial charge < -0.3 is 19.9 Å². The monoisotopic (exact) mass is 420 g/mol. The molecule has 0 radical (unpaired) electrons. The van der Waals surface area contributed by atoms with Gasteiger partial charge in [0.15, 0.2) is 6.10 Å². The van der Waals surface area contributed by atoms with Crippen molar-refractivity contribution in [2.45, 2.75) is 6.10 Å². The van der Waals surface area contributed by atoms with Crippen molar-refractivity contribution in [3.8, 4) is 0 Å². The smallest absolute Gasteiger partial charge is 0.506 e. The molecule has 1 unspecified atom stereocenters. The van der Waals surface area contributed by atoms with Gasteiger partial charge in [-0.05, 0) is 23.8 Å². The second-order valence-electron chi connectivity index (χ2n) is 5.90. The predicted molar refractivity (Wildman–Crippen MR) is 104 cm³/mol. The highest BCUT2D eigenvalue weighted by Crippen LogP contribution is 2.25. The van der Waals surface area contributed by atoms with Crippen LogP contribution in [0, 0.1) is 0 Å². The number of amides is 2. The lowest BCUT2D eigenvalue weighted by atomic mass is 9.91. The van der Waals surface area contributed by atoms with Gasteiger partial charge in [0, 0.05) is 5.02 Å². The van der Waals surface area contributed by atoms with Crippen LogP contribution in [0.2, 0.25) is 10.0 Å². The quantitative estimate of drug-likeness (QED) is 0.698. The first-order valence-corrected chi connectivity index (χ1v) is 9.10. The highest BCUT2D eigenvalue weighted by atomic mass is 35.5. The van der Waals surface area contributed by atoms with Crippen molar-refractivity contribution in [2.75, 3.05) is 13.0 Å². The van der Waals surface area contributed by atoms with Crippen LogP contribution in [0.3, 0.4) is 0 Å². The van der Waals surface area contributed by atoms with Crippen molar-refractivity contribution in [3.63, 3.8) is 0 Å². The minimum atomic E-state index is -0.903. The van der Waals surface area contributed by atoms with Crippen LogP contribution in [0.25, 0.3) is 0 Å². The molecule has 28 heavy (non-hydrogen) atoms.